The third-order valence-electron chi connectivity index (χ3n) is 4.29. The van der Waals surface area contributed by atoms with Gasteiger partial charge in [0.15, 0.2) is 8.32 Å². The zero-order chi connectivity index (χ0) is 16.4. The van der Waals surface area contributed by atoms with E-state index in [-0.39, 0.29) is 11.1 Å². The van der Waals surface area contributed by atoms with Crippen molar-refractivity contribution >= 4 is 8.32 Å². The van der Waals surface area contributed by atoms with Crippen molar-refractivity contribution in [3.8, 4) is 11.8 Å². The maximum atomic E-state index is 9.15. The average molecular weight is 313 g/mol. The predicted molar refractivity (Wildman–Crippen MR) is 94.9 cm³/mol. The summed E-state index contributed by atoms with van der Waals surface area (Å²) < 4.78 is 6.09. The fourth-order valence-electron chi connectivity index (χ4n) is 1.76. The molecule has 2 nitrogen and oxygen atoms in total. The molecule has 0 aliphatic carbocycles. The minimum atomic E-state index is -1.59. The van der Waals surface area contributed by atoms with Crippen molar-refractivity contribution < 1.29 is 9.53 Å². The van der Waals surface area contributed by atoms with Crippen LogP contribution in [0.15, 0.2) is 0 Å². The Hall–Kier alpha value is -0.303. The lowest BCUT2D eigenvalue weighted by Crippen LogP contribution is -2.40. The van der Waals surface area contributed by atoms with E-state index in [1.165, 1.54) is 19.3 Å². The normalized spacial score (nSPS) is 13.7. The van der Waals surface area contributed by atoms with E-state index in [2.05, 4.69) is 45.7 Å². The summed E-state index contributed by atoms with van der Waals surface area (Å²) >= 11 is 0. The maximum Gasteiger partial charge on any atom is 0.192 e. The highest BCUT2D eigenvalue weighted by Crippen LogP contribution is 2.36. The first-order valence-corrected chi connectivity index (χ1v) is 11.4. The van der Waals surface area contributed by atoms with Gasteiger partial charge in [0.2, 0.25) is 0 Å². The molecule has 0 saturated carbocycles. The van der Waals surface area contributed by atoms with Crippen LogP contribution in [0.1, 0.15) is 72.6 Å². The first-order valence-electron chi connectivity index (χ1n) is 8.44. The third kappa shape index (κ3) is 11.0. The van der Waals surface area contributed by atoms with E-state index in [4.69, 9.17) is 9.53 Å². The Morgan fingerprint density at radius 2 is 1.57 bits per heavy atom. The van der Waals surface area contributed by atoms with E-state index in [1.54, 1.807) is 0 Å². The van der Waals surface area contributed by atoms with Gasteiger partial charge < -0.3 is 9.53 Å². The standard InChI is InChI=1S/C18H36O2Si/c1-17(19)15-13-11-9-7-8-10-12-14-16-20-21(5,6)18(2,3)4/h17,19H,7-9,11,13-16H2,1-6H3/t17-/m1/s1. The van der Waals surface area contributed by atoms with Crippen molar-refractivity contribution in [3.05, 3.63) is 0 Å². The molecule has 0 fully saturated rings. The molecule has 0 aromatic heterocycles. The van der Waals surface area contributed by atoms with Gasteiger partial charge in [-0.3, -0.25) is 0 Å². The first kappa shape index (κ1) is 20.7. The second-order valence-corrected chi connectivity index (χ2v) is 12.3. The molecule has 1 N–H and O–H groups in total. The largest absolute Gasteiger partial charge is 0.416 e. The predicted octanol–water partition coefficient (Wildman–Crippen LogP) is 5.12. The van der Waals surface area contributed by atoms with Crippen LogP contribution >= 0.6 is 0 Å². The Balaban J connectivity index is 3.55. The average Bonchev–Trinajstić information content (AvgIpc) is 2.34. The van der Waals surface area contributed by atoms with Gasteiger partial charge in [-0.05, 0) is 37.9 Å². The smallest absolute Gasteiger partial charge is 0.192 e. The Morgan fingerprint density at radius 3 is 2.14 bits per heavy atom. The summed E-state index contributed by atoms with van der Waals surface area (Å²) in [6.07, 6.45) is 7.37. The number of rotatable bonds is 9. The summed E-state index contributed by atoms with van der Waals surface area (Å²) in [5, 5.41) is 9.44. The van der Waals surface area contributed by atoms with Crippen LogP contribution in [-0.4, -0.2) is 26.1 Å². The molecule has 1 atom stereocenters. The fourth-order valence-corrected chi connectivity index (χ4v) is 2.80. The van der Waals surface area contributed by atoms with Crippen LogP contribution in [0.5, 0.6) is 0 Å². The Kier molecular flexibility index (Phi) is 10.3. The van der Waals surface area contributed by atoms with Crippen molar-refractivity contribution in [2.75, 3.05) is 6.61 Å². The molecular weight excluding hydrogens is 276 g/mol. The van der Waals surface area contributed by atoms with Crippen LogP contribution in [0.2, 0.25) is 18.1 Å². The van der Waals surface area contributed by atoms with E-state index in [0.717, 1.165) is 32.3 Å². The summed E-state index contributed by atoms with van der Waals surface area (Å²) in [5.74, 6) is 6.47. The maximum absolute atomic E-state index is 9.15. The summed E-state index contributed by atoms with van der Waals surface area (Å²) in [6, 6.07) is 0. The lowest BCUT2D eigenvalue weighted by molar-refractivity contribution is 0.180. The fraction of sp³-hybridized carbons (Fsp3) is 0.889. The zero-order valence-electron chi connectivity index (χ0n) is 15.1. The number of aliphatic hydroxyl groups is 1. The molecule has 0 bridgehead atoms. The van der Waals surface area contributed by atoms with E-state index in [9.17, 15) is 0 Å². The number of unbranched alkanes of at least 4 members (excludes halogenated alkanes) is 4. The van der Waals surface area contributed by atoms with Gasteiger partial charge in [0.25, 0.3) is 0 Å². The molecule has 0 saturated heterocycles. The van der Waals surface area contributed by atoms with Crippen molar-refractivity contribution in [3.63, 3.8) is 0 Å². The molecular formula is C18H36O2Si. The molecule has 0 unspecified atom stereocenters. The van der Waals surface area contributed by atoms with Gasteiger partial charge in [0.05, 0.1) is 6.10 Å². The lowest BCUT2D eigenvalue weighted by atomic mass is 10.1. The van der Waals surface area contributed by atoms with Gasteiger partial charge >= 0.3 is 0 Å². The highest BCUT2D eigenvalue weighted by molar-refractivity contribution is 6.74. The Labute approximate surface area is 133 Å². The highest BCUT2D eigenvalue weighted by atomic mass is 28.4. The number of hydrogen-bond acceptors (Lipinski definition) is 2. The van der Waals surface area contributed by atoms with Crippen LogP contribution in [0.3, 0.4) is 0 Å². The van der Waals surface area contributed by atoms with Crippen molar-refractivity contribution in [1.29, 1.82) is 0 Å². The highest BCUT2D eigenvalue weighted by Gasteiger charge is 2.36. The van der Waals surface area contributed by atoms with Crippen LogP contribution in [0.25, 0.3) is 0 Å². The SMILES string of the molecule is C[C@@H](O)CCCCCCC#CCCO[Si](C)(C)C(C)(C)C. The molecule has 124 valence electrons. The summed E-state index contributed by atoms with van der Waals surface area (Å²) in [4.78, 5) is 0. The van der Waals surface area contributed by atoms with Gasteiger partial charge in [-0.1, -0.05) is 40.0 Å². The summed E-state index contributed by atoms with van der Waals surface area (Å²) in [7, 11) is -1.59. The zero-order valence-corrected chi connectivity index (χ0v) is 16.1. The van der Waals surface area contributed by atoms with E-state index >= 15 is 0 Å². The monoisotopic (exact) mass is 312 g/mol. The lowest BCUT2D eigenvalue weighted by Gasteiger charge is -2.35. The van der Waals surface area contributed by atoms with Gasteiger partial charge in [-0.15, -0.1) is 11.8 Å². The number of hydrogen-bond donors (Lipinski definition) is 1. The molecule has 0 aliphatic heterocycles. The summed E-state index contributed by atoms with van der Waals surface area (Å²) in [5.41, 5.74) is 0. The second kappa shape index (κ2) is 10.4. The summed E-state index contributed by atoms with van der Waals surface area (Å²) in [6.45, 7) is 14.0. The van der Waals surface area contributed by atoms with Gasteiger partial charge in [-0.2, -0.15) is 0 Å². The van der Waals surface area contributed by atoms with Crippen molar-refractivity contribution in [2.45, 2.75) is 96.9 Å². The molecule has 0 aliphatic rings. The Bertz CT molecular complexity index is 318. The van der Waals surface area contributed by atoms with Crippen LogP contribution in [0, 0.1) is 11.8 Å². The first-order chi connectivity index (χ1) is 9.67. The third-order valence-corrected chi connectivity index (χ3v) is 8.83. The molecule has 0 radical (unpaired) electrons. The molecule has 0 amide bonds. The van der Waals surface area contributed by atoms with E-state index < -0.39 is 8.32 Å². The molecule has 21 heavy (non-hydrogen) atoms. The molecule has 0 aromatic rings. The molecule has 3 heteroatoms. The van der Waals surface area contributed by atoms with Gasteiger partial charge in [0.1, 0.15) is 0 Å². The van der Waals surface area contributed by atoms with Crippen LogP contribution < -0.4 is 0 Å². The minimum absolute atomic E-state index is 0.148. The number of aliphatic hydroxyl groups excluding tert-OH is 1. The molecule has 0 heterocycles. The van der Waals surface area contributed by atoms with E-state index in [1.807, 2.05) is 6.92 Å². The topological polar surface area (TPSA) is 29.5 Å². The molecule has 0 aromatic carbocycles. The van der Waals surface area contributed by atoms with E-state index in [0.29, 0.717) is 0 Å². The quantitative estimate of drug-likeness (QED) is 0.363. The van der Waals surface area contributed by atoms with Crippen molar-refractivity contribution in [2.24, 2.45) is 0 Å². The second-order valence-electron chi connectivity index (χ2n) is 7.51. The van der Waals surface area contributed by atoms with Crippen LogP contribution in [-0.2, 0) is 4.43 Å². The van der Waals surface area contributed by atoms with Gasteiger partial charge in [0, 0.05) is 19.4 Å². The molecule has 0 rings (SSSR count). The van der Waals surface area contributed by atoms with Crippen molar-refractivity contribution in [1.82, 2.24) is 0 Å². The van der Waals surface area contributed by atoms with Crippen LogP contribution in [0.4, 0.5) is 0 Å². The van der Waals surface area contributed by atoms with Gasteiger partial charge in [-0.25, -0.2) is 0 Å². The minimum Gasteiger partial charge on any atom is -0.416 e. The molecule has 0 spiro atoms. The Morgan fingerprint density at radius 1 is 1.00 bits per heavy atom.